The molecule has 1 aliphatic rings. The number of benzene rings is 1. The van der Waals surface area contributed by atoms with Crippen LogP contribution in [0.25, 0.3) is 0 Å². The molecule has 0 bridgehead atoms. The van der Waals surface area contributed by atoms with E-state index in [9.17, 15) is 8.42 Å². The van der Waals surface area contributed by atoms with E-state index in [2.05, 4.69) is 10.2 Å². The fourth-order valence-electron chi connectivity index (χ4n) is 3.38. The summed E-state index contributed by atoms with van der Waals surface area (Å²) in [7, 11) is -3.61. The minimum Gasteiger partial charge on any atom is -0.424 e. The Balaban J connectivity index is 1.84. The Bertz CT molecular complexity index is 961. The van der Waals surface area contributed by atoms with Gasteiger partial charge in [-0.2, -0.15) is 5.26 Å². The van der Waals surface area contributed by atoms with E-state index in [1.807, 2.05) is 13.8 Å². The molecule has 3 rings (SSSR count). The zero-order valence-corrected chi connectivity index (χ0v) is 16.4. The first-order valence-electron chi connectivity index (χ1n) is 9.10. The van der Waals surface area contributed by atoms with E-state index in [0.717, 1.165) is 29.9 Å². The molecule has 2 aromatic rings. The lowest BCUT2D eigenvalue weighted by molar-refractivity contribution is 0.330. The third kappa shape index (κ3) is 4.11. The molecule has 0 atom stereocenters. The van der Waals surface area contributed by atoms with Gasteiger partial charge in [0.05, 0.1) is 16.4 Å². The fraction of sp³-hybridized carbons (Fsp3) is 0.450. The molecule has 1 heterocycles. The minimum absolute atomic E-state index is 0.141. The molecule has 1 saturated carbocycles. The van der Waals surface area contributed by atoms with E-state index in [4.69, 9.17) is 9.68 Å². The van der Waals surface area contributed by atoms with Crippen molar-refractivity contribution >= 4 is 9.84 Å². The summed E-state index contributed by atoms with van der Waals surface area (Å²) in [6.07, 6.45) is 6.79. The van der Waals surface area contributed by atoms with Gasteiger partial charge >= 0.3 is 0 Å². The second kappa shape index (κ2) is 7.65. The van der Waals surface area contributed by atoms with Crippen LogP contribution in [0.1, 0.15) is 69.2 Å². The Hall–Kier alpha value is -2.46. The molecule has 1 aromatic carbocycles. The highest BCUT2D eigenvalue weighted by Crippen LogP contribution is 2.36. The van der Waals surface area contributed by atoms with Crippen LogP contribution in [-0.2, 0) is 15.3 Å². The molecule has 0 amide bonds. The Morgan fingerprint density at radius 3 is 2.44 bits per heavy atom. The lowest BCUT2D eigenvalue weighted by Crippen LogP contribution is -2.19. The van der Waals surface area contributed by atoms with E-state index < -0.39 is 15.3 Å². The van der Waals surface area contributed by atoms with Crippen molar-refractivity contribution in [3.05, 3.63) is 53.1 Å². The van der Waals surface area contributed by atoms with Crippen LogP contribution in [0.15, 0.2) is 45.1 Å². The van der Waals surface area contributed by atoms with Gasteiger partial charge in [-0.1, -0.05) is 31.4 Å². The maximum atomic E-state index is 12.1. The molecule has 0 saturated heterocycles. The maximum absolute atomic E-state index is 12.1. The topological polar surface area (TPSA) is 96.8 Å². The quantitative estimate of drug-likeness (QED) is 0.714. The predicted octanol–water partition coefficient (Wildman–Crippen LogP) is 4.25. The van der Waals surface area contributed by atoms with Gasteiger partial charge in [0.2, 0.25) is 21.6 Å². The first-order valence-corrected chi connectivity index (χ1v) is 10.6. The number of allylic oxidation sites excluding steroid dienone is 1. The summed E-state index contributed by atoms with van der Waals surface area (Å²) in [5, 5.41) is 18.0. The van der Waals surface area contributed by atoms with Crippen LogP contribution in [0, 0.1) is 11.3 Å². The summed E-state index contributed by atoms with van der Waals surface area (Å²) in [5.74, 6) is 1.58. The van der Waals surface area contributed by atoms with Crippen molar-refractivity contribution in [3.8, 4) is 6.07 Å². The van der Waals surface area contributed by atoms with Gasteiger partial charge in [0, 0.05) is 17.4 Å². The van der Waals surface area contributed by atoms with Crippen LogP contribution in [-0.4, -0.2) is 18.6 Å². The Labute approximate surface area is 159 Å². The number of hydrogen-bond donors (Lipinski definition) is 0. The molecule has 0 radical (unpaired) electrons. The maximum Gasteiger partial charge on any atom is 0.226 e. The summed E-state index contributed by atoms with van der Waals surface area (Å²) in [5.41, 5.74) is 0.342. The Morgan fingerprint density at radius 1 is 1.15 bits per heavy atom. The third-order valence-electron chi connectivity index (χ3n) is 5.16. The van der Waals surface area contributed by atoms with Gasteiger partial charge in [-0.15, -0.1) is 10.2 Å². The molecule has 142 valence electrons. The highest BCUT2D eigenvalue weighted by molar-refractivity contribution is 7.94. The monoisotopic (exact) mass is 385 g/mol. The first kappa shape index (κ1) is 19.3. The van der Waals surface area contributed by atoms with Gasteiger partial charge in [-0.25, -0.2) is 8.42 Å². The van der Waals surface area contributed by atoms with Crippen molar-refractivity contribution < 1.29 is 12.8 Å². The number of aromatic nitrogens is 2. The molecular formula is C20H23N3O3S. The predicted molar refractivity (Wildman–Crippen MR) is 101 cm³/mol. The Morgan fingerprint density at radius 2 is 1.81 bits per heavy atom. The van der Waals surface area contributed by atoms with Crippen molar-refractivity contribution in [3.63, 3.8) is 0 Å². The average Bonchev–Trinajstić information content (AvgIpc) is 3.18. The van der Waals surface area contributed by atoms with Crippen molar-refractivity contribution in [1.82, 2.24) is 10.2 Å². The molecule has 0 spiro atoms. The highest BCUT2D eigenvalue weighted by Gasteiger charge is 2.31. The summed E-state index contributed by atoms with van der Waals surface area (Å²) < 4.78 is 30.2. The van der Waals surface area contributed by atoms with E-state index in [0.29, 0.717) is 17.7 Å². The number of hydrogen-bond acceptors (Lipinski definition) is 6. The van der Waals surface area contributed by atoms with Gasteiger partial charge in [-0.05, 0) is 44.4 Å². The molecular weight excluding hydrogens is 362 g/mol. The zero-order chi connectivity index (χ0) is 19.5. The highest BCUT2D eigenvalue weighted by atomic mass is 32.2. The smallest absolute Gasteiger partial charge is 0.226 e. The molecule has 6 nitrogen and oxygen atoms in total. The van der Waals surface area contributed by atoms with Crippen molar-refractivity contribution in [1.29, 1.82) is 5.26 Å². The van der Waals surface area contributed by atoms with Crippen LogP contribution >= 0.6 is 0 Å². The third-order valence-corrected chi connectivity index (χ3v) is 6.58. The molecule has 0 unspecified atom stereocenters. The molecule has 27 heavy (non-hydrogen) atoms. The number of rotatable bonds is 5. The molecule has 1 aromatic heterocycles. The van der Waals surface area contributed by atoms with Crippen LogP contribution < -0.4 is 0 Å². The van der Waals surface area contributed by atoms with Crippen molar-refractivity contribution in [2.75, 3.05) is 0 Å². The summed E-state index contributed by atoms with van der Waals surface area (Å²) in [6.45, 7) is 3.95. The molecule has 0 aliphatic heterocycles. The van der Waals surface area contributed by atoms with Gasteiger partial charge in [0.1, 0.15) is 0 Å². The second-order valence-corrected chi connectivity index (χ2v) is 9.24. The van der Waals surface area contributed by atoms with Gasteiger partial charge in [0.25, 0.3) is 0 Å². The van der Waals surface area contributed by atoms with E-state index in [-0.39, 0.29) is 4.90 Å². The largest absolute Gasteiger partial charge is 0.424 e. The molecule has 0 N–H and O–H groups in total. The summed E-state index contributed by atoms with van der Waals surface area (Å²) in [4.78, 5) is 0.141. The average molecular weight is 385 g/mol. The van der Waals surface area contributed by atoms with Gasteiger partial charge < -0.3 is 4.42 Å². The lowest BCUT2D eigenvalue weighted by atomic mass is 9.84. The first-order chi connectivity index (χ1) is 12.8. The van der Waals surface area contributed by atoms with Crippen LogP contribution in [0.5, 0.6) is 0 Å². The summed E-state index contributed by atoms with van der Waals surface area (Å²) >= 11 is 0. The van der Waals surface area contributed by atoms with Crippen LogP contribution in [0.3, 0.4) is 0 Å². The van der Waals surface area contributed by atoms with Crippen LogP contribution in [0.2, 0.25) is 0 Å². The Kier molecular flexibility index (Phi) is 5.47. The zero-order valence-electron chi connectivity index (χ0n) is 15.6. The SMILES string of the molecule is CC(C)(c1ccc(S(=O)(=O)/C=C/C#N)cc1)c1nnc(C2CCCCC2)o1. The number of nitrogens with zero attached hydrogens (tertiary/aromatic N) is 3. The lowest BCUT2D eigenvalue weighted by Gasteiger charge is -2.21. The van der Waals surface area contributed by atoms with Crippen molar-refractivity contribution in [2.45, 2.75) is 62.2 Å². The molecule has 7 heteroatoms. The molecule has 1 fully saturated rings. The number of nitriles is 1. The number of sulfone groups is 1. The van der Waals surface area contributed by atoms with Gasteiger partial charge in [0.15, 0.2) is 0 Å². The van der Waals surface area contributed by atoms with Crippen LogP contribution in [0.4, 0.5) is 0 Å². The van der Waals surface area contributed by atoms with Crippen molar-refractivity contribution in [2.24, 2.45) is 0 Å². The van der Waals surface area contributed by atoms with E-state index >= 15 is 0 Å². The standard InChI is InChI=1S/C20H23N3O3S/c1-20(2,19-23-22-18(26-19)15-7-4-3-5-8-15)16-9-11-17(12-10-16)27(24,25)14-6-13-21/h6,9-12,14-15H,3-5,7-8H2,1-2H3/b14-6+. The molecule has 1 aliphatic carbocycles. The summed E-state index contributed by atoms with van der Waals surface area (Å²) in [6, 6.07) is 8.26. The van der Waals surface area contributed by atoms with Gasteiger partial charge in [-0.3, -0.25) is 0 Å². The normalized spacial score (nSPS) is 16.5. The van der Waals surface area contributed by atoms with E-state index in [1.165, 1.54) is 31.4 Å². The second-order valence-electron chi connectivity index (χ2n) is 7.41. The fourth-order valence-corrected chi connectivity index (χ4v) is 4.30. The minimum atomic E-state index is -3.61. The van der Waals surface area contributed by atoms with E-state index in [1.54, 1.807) is 18.2 Å².